The molecule has 0 aliphatic carbocycles. The van der Waals surface area contributed by atoms with Crippen LogP contribution in [0.3, 0.4) is 0 Å². The fourth-order valence-corrected chi connectivity index (χ4v) is 3.26. The van der Waals surface area contributed by atoms with Gasteiger partial charge in [-0.15, -0.1) is 0 Å². The summed E-state index contributed by atoms with van der Waals surface area (Å²) in [5.74, 6) is 0.978. The van der Waals surface area contributed by atoms with Crippen LogP contribution in [-0.2, 0) is 4.79 Å². The molecular weight excluding hydrogens is 326 g/mol. The molecule has 0 bridgehead atoms. The Kier molecular flexibility index (Phi) is 3.76. The number of carbonyl (C=O) groups is 1. The van der Waals surface area contributed by atoms with Crippen molar-refractivity contribution in [3.63, 3.8) is 0 Å². The van der Waals surface area contributed by atoms with E-state index in [0.717, 1.165) is 36.7 Å². The lowest BCUT2D eigenvalue weighted by Crippen LogP contribution is -2.60. The molecule has 2 aliphatic heterocycles. The Balaban J connectivity index is 1.52. The molecular formula is C17H18ClN5O. The molecule has 4 rings (SSSR count). The summed E-state index contributed by atoms with van der Waals surface area (Å²) in [7, 11) is 0. The first-order valence-electron chi connectivity index (χ1n) is 7.99. The maximum atomic E-state index is 11.3. The molecule has 1 amide bonds. The molecule has 1 unspecified atom stereocenters. The molecule has 1 saturated heterocycles. The van der Waals surface area contributed by atoms with Crippen LogP contribution in [0.1, 0.15) is 25.1 Å². The standard InChI is InChI=1S/C17H18ClN5O/c1-11(24)22-9-13(10-22)20-16-4-2-3-14(21-16)15-7-19-17-6-5-12(18)8-23(15)17/h2,4-8,13-14H,3,9-10H2,1H3,(H,20,21). The number of dihydropyridines is 1. The van der Waals surface area contributed by atoms with Crippen LogP contribution in [0, 0.1) is 0 Å². The van der Waals surface area contributed by atoms with Gasteiger partial charge in [0.15, 0.2) is 0 Å². The van der Waals surface area contributed by atoms with E-state index in [-0.39, 0.29) is 18.0 Å². The number of fused-ring (bicyclic) bond motifs is 1. The largest absolute Gasteiger partial charge is 0.364 e. The maximum Gasteiger partial charge on any atom is 0.219 e. The number of aliphatic imine (C=N–C) groups is 1. The van der Waals surface area contributed by atoms with Gasteiger partial charge in [0, 0.05) is 26.2 Å². The summed E-state index contributed by atoms with van der Waals surface area (Å²) < 4.78 is 1.99. The summed E-state index contributed by atoms with van der Waals surface area (Å²) >= 11 is 6.11. The average molecular weight is 344 g/mol. The quantitative estimate of drug-likeness (QED) is 0.909. The van der Waals surface area contributed by atoms with E-state index in [0.29, 0.717) is 5.02 Å². The van der Waals surface area contributed by atoms with Crippen molar-refractivity contribution < 1.29 is 4.79 Å². The molecule has 1 fully saturated rings. The molecule has 2 aromatic heterocycles. The van der Waals surface area contributed by atoms with Crippen molar-refractivity contribution in [2.75, 3.05) is 13.1 Å². The van der Waals surface area contributed by atoms with Gasteiger partial charge < -0.3 is 14.6 Å². The van der Waals surface area contributed by atoms with Gasteiger partial charge in [0.25, 0.3) is 0 Å². The fourth-order valence-electron chi connectivity index (χ4n) is 3.10. The molecule has 124 valence electrons. The Morgan fingerprint density at radius 3 is 3.00 bits per heavy atom. The molecule has 4 heterocycles. The summed E-state index contributed by atoms with van der Waals surface area (Å²) in [5, 5.41) is 4.08. The molecule has 0 spiro atoms. The van der Waals surface area contributed by atoms with Gasteiger partial charge in [-0.05, 0) is 24.6 Å². The van der Waals surface area contributed by atoms with Crippen molar-refractivity contribution in [2.45, 2.75) is 25.4 Å². The number of amidine groups is 1. The summed E-state index contributed by atoms with van der Waals surface area (Å²) in [5.41, 5.74) is 1.89. The second-order valence-corrected chi connectivity index (χ2v) is 6.63. The van der Waals surface area contributed by atoms with Gasteiger partial charge in [-0.1, -0.05) is 17.7 Å². The van der Waals surface area contributed by atoms with E-state index in [9.17, 15) is 4.79 Å². The third kappa shape index (κ3) is 2.78. The van der Waals surface area contributed by atoms with Crippen molar-refractivity contribution >= 4 is 29.0 Å². The summed E-state index contributed by atoms with van der Waals surface area (Å²) in [4.78, 5) is 22.3. The van der Waals surface area contributed by atoms with Crippen LogP contribution >= 0.6 is 11.6 Å². The Morgan fingerprint density at radius 2 is 2.21 bits per heavy atom. The zero-order chi connectivity index (χ0) is 16.7. The lowest BCUT2D eigenvalue weighted by Gasteiger charge is -2.39. The number of imidazole rings is 1. The predicted octanol–water partition coefficient (Wildman–Crippen LogP) is 2.21. The van der Waals surface area contributed by atoms with Crippen LogP contribution in [0.5, 0.6) is 0 Å². The zero-order valence-corrected chi connectivity index (χ0v) is 14.1. The Labute approximate surface area is 144 Å². The third-order valence-corrected chi connectivity index (χ3v) is 4.67. The SMILES string of the molecule is CC(=O)N1CC(NC2=NC(c3cnc4ccc(Cl)cn34)CC=C2)C1. The number of pyridine rings is 1. The first-order chi connectivity index (χ1) is 11.6. The summed E-state index contributed by atoms with van der Waals surface area (Å²) in [6, 6.07) is 4.02. The van der Waals surface area contributed by atoms with Crippen LogP contribution in [0.4, 0.5) is 0 Å². The van der Waals surface area contributed by atoms with Crippen LogP contribution in [-0.4, -0.2) is 45.2 Å². The van der Waals surface area contributed by atoms with E-state index in [2.05, 4.69) is 16.4 Å². The van der Waals surface area contributed by atoms with Crippen LogP contribution in [0.2, 0.25) is 5.02 Å². The minimum atomic E-state index is 0.00922. The predicted molar refractivity (Wildman–Crippen MR) is 93.3 cm³/mol. The second kappa shape index (κ2) is 5.94. The maximum absolute atomic E-state index is 11.3. The van der Waals surface area contributed by atoms with E-state index < -0.39 is 0 Å². The van der Waals surface area contributed by atoms with Crippen molar-refractivity contribution in [3.8, 4) is 0 Å². The average Bonchev–Trinajstić information content (AvgIpc) is 2.93. The fraction of sp³-hybridized carbons (Fsp3) is 0.353. The van der Waals surface area contributed by atoms with E-state index in [1.807, 2.05) is 39.9 Å². The van der Waals surface area contributed by atoms with Crippen LogP contribution in [0.25, 0.3) is 5.65 Å². The van der Waals surface area contributed by atoms with E-state index in [1.165, 1.54) is 0 Å². The van der Waals surface area contributed by atoms with Gasteiger partial charge in [-0.3, -0.25) is 9.79 Å². The highest BCUT2D eigenvalue weighted by molar-refractivity contribution is 6.30. The van der Waals surface area contributed by atoms with E-state index in [4.69, 9.17) is 16.6 Å². The van der Waals surface area contributed by atoms with Crippen LogP contribution < -0.4 is 5.32 Å². The first kappa shape index (κ1) is 15.2. The number of amides is 1. The van der Waals surface area contributed by atoms with Gasteiger partial charge in [-0.2, -0.15) is 0 Å². The topological polar surface area (TPSA) is 62.0 Å². The molecule has 1 atom stereocenters. The minimum Gasteiger partial charge on any atom is -0.364 e. The Morgan fingerprint density at radius 1 is 1.38 bits per heavy atom. The summed E-state index contributed by atoms with van der Waals surface area (Å²) in [6.45, 7) is 3.07. The van der Waals surface area contributed by atoms with Crippen LogP contribution in [0.15, 0.2) is 41.7 Å². The number of likely N-dealkylation sites (tertiary alicyclic amines) is 1. The third-order valence-electron chi connectivity index (χ3n) is 4.45. The second-order valence-electron chi connectivity index (χ2n) is 6.19. The van der Waals surface area contributed by atoms with E-state index in [1.54, 1.807) is 6.92 Å². The number of rotatable bonds is 2. The van der Waals surface area contributed by atoms with Crippen molar-refractivity contribution in [1.82, 2.24) is 19.6 Å². The zero-order valence-electron chi connectivity index (χ0n) is 13.3. The van der Waals surface area contributed by atoms with Gasteiger partial charge in [0.2, 0.25) is 5.91 Å². The number of aromatic nitrogens is 2. The number of hydrogen-bond acceptors (Lipinski definition) is 4. The molecule has 0 saturated carbocycles. The molecule has 7 heteroatoms. The number of nitrogens with one attached hydrogen (secondary N) is 1. The normalized spacial score (nSPS) is 20.8. The van der Waals surface area contributed by atoms with Crippen molar-refractivity contribution in [3.05, 3.63) is 47.4 Å². The summed E-state index contributed by atoms with van der Waals surface area (Å²) in [6.07, 6.45) is 8.68. The molecule has 24 heavy (non-hydrogen) atoms. The number of carbonyl (C=O) groups excluding carboxylic acids is 1. The smallest absolute Gasteiger partial charge is 0.219 e. The van der Waals surface area contributed by atoms with Gasteiger partial charge in [0.1, 0.15) is 11.5 Å². The lowest BCUT2D eigenvalue weighted by molar-refractivity contribution is -0.133. The molecule has 0 radical (unpaired) electrons. The highest BCUT2D eigenvalue weighted by Gasteiger charge is 2.29. The Bertz CT molecular complexity index is 850. The minimum absolute atomic E-state index is 0.00922. The van der Waals surface area contributed by atoms with Crippen molar-refractivity contribution in [2.24, 2.45) is 4.99 Å². The first-order valence-corrected chi connectivity index (χ1v) is 8.37. The van der Waals surface area contributed by atoms with Gasteiger partial charge in [0.05, 0.1) is 29.0 Å². The molecule has 2 aliphatic rings. The number of halogens is 1. The highest BCUT2D eigenvalue weighted by Crippen LogP contribution is 2.26. The van der Waals surface area contributed by atoms with Gasteiger partial charge >= 0.3 is 0 Å². The van der Waals surface area contributed by atoms with Crippen molar-refractivity contribution in [1.29, 1.82) is 0 Å². The number of nitrogens with zero attached hydrogens (tertiary/aromatic N) is 4. The molecule has 1 N–H and O–H groups in total. The monoisotopic (exact) mass is 343 g/mol. The highest BCUT2D eigenvalue weighted by atomic mass is 35.5. The van der Waals surface area contributed by atoms with Gasteiger partial charge in [-0.25, -0.2) is 4.98 Å². The Hall–Kier alpha value is -2.34. The number of hydrogen-bond donors (Lipinski definition) is 1. The van der Waals surface area contributed by atoms with E-state index >= 15 is 0 Å². The lowest BCUT2D eigenvalue weighted by atomic mass is 10.1. The molecule has 2 aromatic rings. The molecule has 0 aromatic carbocycles. The molecule has 6 nitrogen and oxygen atoms in total.